The summed E-state index contributed by atoms with van der Waals surface area (Å²) in [6, 6.07) is -2.39. The Bertz CT molecular complexity index is 187. The molecule has 12 heavy (non-hydrogen) atoms. The first-order chi connectivity index (χ1) is 5.48. The van der Waals surface area contributed by atoms with Crippen LogP contribution in [0.2, 0.25) is 5.54 Å². The first-order valence-corrected chi connectivity index (χ1v) is 9.66. The minimum Gasteiger partial charge on any atom is -0.126 e. The fourth-order valence-electron chi connectivity index (χ4n) is 2.96. The van der Waals surface area contributed by atoms with Gasteiger partial charge in [0, 0.05) is 0 Å². The SMILES string of the molecule is C[C@@H]1C[C@H]2C[C@@H]1C[C@@H]2[Si](Cl)(Cl)Cl. The zero-order valence-electron chi connectivity index (χ0n) is 7.06. The van der Waals surface area contributed by atoms with Gasteiger partial charge >= 0.3 is 6.00 Å². The quantitative estimate of drug-likeness (QED) is 0.481. The molecular formula is C8H13Cl3Si. The van der Waals surface area contributed by atoms with Gasteiger partial charge in [0.1, 0.15) is 0 Å². The lowest BCUT2D eigenvalue weighted by Crippen LogP contribution is -2.26. The maximum Gasteiger partial charge on any atom is 0.344 e. The predicted molar refractivity (Wildman–Crippen MR) is 57.1 cm³/mol. The summed E-state index contributed by atoms with van der Waals surface area (Å²) < 4.78 is 0. The summed E-state index contributed by atoms with van der Waals surface area (Å²) in [6.07, 6.45) is 3.82. The third-order valence-corrected chi connectivity index (χ3v) is 7.70. The smallest absolute Gasteiger partial charge is 0.126 e. The molecule has 4 heteroatoms. The molecule has 0 saturated heterocycles. The van der Waals surface area contributed by atoms with Crippen LogP contribution in [0.25, 0.3) is 0 Å². The van der Waals surface area contributed by atoms with Gasteiger partial charge in [-0.1, -0.05) is 6.92 Å². The Kier molecular flexibility index (Phi) is 2.45. The lowest BCUT2D eigenvalue weighted by Gasteiger charge is -2.28. The molecule has 0 N–H and O–H groups in total. The van der Waals surface area contributed by atoms with Crippen LogP contribution >= 0.6 is 33.2 Å². The minimum absolute atomic E-state index is 0.462. The second-order valence-corrected chi connectivity index (χ2v) is 13.3. The minimum atomic E-state index is -2.39. The van der Waals surface area contributed by atoms with E-state index in [9.17, 15) is 0 Å². The van der Waals surface area contributed by atoms with E-state index in [-0.39, 0.29) is 0 Å². The zero-order chi connectivity index (χ0) is 8.93. The summed E-state index contributed by atoms with van der Waals surface area (Å²) in [5, 5.41) is 0. The summed E-state index contributed by atoms with van der Waals surface area (Å²) in [6.45, 7) is 2.33. The number of rotatable bonds is 1. The molecule has 4 atom stereocenters. The molecule has 0 aromatic carbocycles. The Labute approximate surface area is 88.7 Å². The van der Waals surface area contributed by atoms with Gasteiger partial charge in [-0.2, -0.15) is 0 Å². The van der Waals surface area contributed by atoms with Crippen LogP contribution in [0.15, 0.2) is 0 Å². The van der Waals surface area contributed by atoms with Gasteiger partial charge in [-0.15, -0.1) is 33.2 Å². The second-order valence-electron chi connectivity index (χ2n) is 4.35. The molecule has 2 saturated carbocycles. The molecule has 0 aromatic heterocycles. The van der Waals surface area contributed by atoms with Crippen molar-refractivity contribution in [1.29, 1.82) is 0 Å². The van der Waals surface area contributed by atoms with Crippen LogP contribution in [0.4, 0.5) is 0 Å². The van der Waals surface area contributed by atoms with E-state index in [1.54, 1.807) is 0 Å². The molecule has 2 aliphatic carbocycles. The average Bonchev–Trinajstić information content (AvgIpc) is 2.41. The van der Waals surface area contributed by atoms with Crippen molar-refractivity contribution in [2.45, 2.75) is 31.7 Å². The van der Waals surface area contributed by atoms with Crippen LogP contribution in [0.3, 0.4) is 0 Å². The molecule has 2 bridgehead atoms. The molecular weight excluding hydrogens is 231 g/mol. The highest BCUT2D eigenvalue weighted by atomic mass is 35.8. The predicted octanol–water partition coefficient (Wildman–Crippen LogP) is 4.08. The standard InChI is InChI=1S/C8H13Cl3Si/c1-5-2-7-3-6(5)4-8(7)12(9,10)11/h5-8H,2-4H2,1H3/t5-,6-,7+,8+/m1/s1. The Morgan fingerprint density at radius 2 is 1.67 bits per heavy atom. The van der Waals surface area contributed by atoms with Crippen molar-refractivity contribution in [1.82, 2.24) is 0 Å². The molecule has 0 unspecified atom stereocenters. The van der Waals surface area contributed by atoms with E-state index in [2.05, 4.69) is 6.92 Å². The summed E-state index contributed by atoms with van der Waals surface area (Å²) in [5.74, 6) is 2.49. The molecule has 0 heterocycles. The lowest BCUT2D eigenvalue weighted by atomic mass is 9.90. The molecule has 2 rings (SSSR count). The van der Waals surface area contributed by atoms with Gasteiger partial charge in [0.2, 0.25) is 0 Å². The highest BCUT2D eigenvalue weighted by Gasteiger charge is 2.52. The number of halogens is 3. The Morgan fingerprint density at radius 1 is 1.00 bits per heavy atom. The number of fused-ring (bicyclic) bond motifs is 2. The van der Waals surface area contributed by atoms with Gasteiger partial charge in [0.15, 0.2) is 0 Å². The summed E-state index contributed by atoms with van der Waals surface area (Å²) in [4.78, 5) is 0. The van der Waals surface area contributed by atoms with E-state index in [4.69, 9.17) is 33.2 Å². The van der Waals surface area contributed by atoms with Crippen LogP contribution in [0, 0.1) is 17.8 Å². The van der Waals surface area contributed by atoms with Gasteiger partial charge in [-0.05, 0) is 42.6 Å². The molecule has 0 aromatic rings. The molecule has 0 amide bonds. The lowest BCUT2D eigenvalue weighted by molar-refractivity contribution is 0.358. The average molecular weight is 244 g/mol. The molecule has 2 aliphatic rings. The molecule has 2 fully saturated rings. The Morgan fingerprint density at radius 3 is 2.00 bits per heavy atom. The van der Waals surface area contributed by atoms with Gasteiger partial charge in [0.05, 0.1) is 0 Å². The largest absolute Gasteiger partial charge is 0.344 e. The van der Waals surface area contributed by atoms with E-state index in [0.717, 1.165) is 17.8 Å². The van der Waals surface area contributed by atoms with Crippen molar-refractivity contribution in [2.24, 2.45) is 17.8 Å². The van der Waals surface area contributed by atoms with Crippen molar-refractivity contribution >= 4 is 39.2 Å². The van der Waals surface area contributed by atoms with E-state index in [1.807, 2.05) is 0 Å². The van der Waals surface area contributed by atoms with E-state index >= 15 is 0 Å². The first kappa shape index (κ1) is 9.63. The fraction of sp³-hybridized carbons (Fsp3) is 1.00. The highest BCUT2D eigenvalue weighted by molar-refractivity contribution is 7.65. The first-order valence-electron chi connectivity index (χ1n) is 4.55. The van der Waals surface area contributed by atoms with Crippen LogP contribution < -0.4 is 0 Å². The Balaban J connectivity index is 2.08. The maximum atomic E-state index is 6.05. The van der Waals surface area contributed by atoms with Gasteiger partial charge in [0.25, 0.3) is 0 Å². The van der Waals surface area contributed by atoms with Crippen molar-refractivity contribution < 1.29 is 0 Å². The van der Waals surface area contributed by atoms with Crippen LogP contribution in [-0.4, -0.2) is 6.00 Å². The second kappa shape index (κ2) is 3.05. The van der Waals surface area contributed by atoms with Crippen LogP contribution in [0.1, 0.15) is 26.2 Å². The monoisotopic (exact) mass is 242 g/mol. The normalized spacial score (nSPS) is 47.0. The molecule has 0 aliphatic heterocycles. The third-order valence-electron chi connectivity index (χ3n) is 3.63. The molecule has 0 radical (unpaired) electrons. The van der Waals surface area contributed by atoms with Crippen LogP contribution in [-0.2, 0) is 0 Å². The molecule has 0 spiro atoms. The summed E-state index contributed by atoms with van der Waals surface area (Å²) >= 11 is 18.2. The fourth-order valence-corrected chi connectivity index (χ4v) is 6.75. The van der Waals surface area contributed by atoms with Gasteiger partial charge in [-0.25, -0.2) is 0 Å². The van der Waals surface area contributed by atoms with Crippen molar-refractivity contribution in [3.05, 3.63) is 0 Å². The Hall–Kier alpha value is 1.09. The van der Waals surface area contributed by atoms with Crippen molar-refractivity contribution in [2.75, 3.05) is 0 Å². The van der Waals surface area contributed by atoms with E-state index in [1.165, 1.54) is 19.3 Å². The zero-order valence-corrected chi connectivity index (χ0v) is 10.3. The molecule has 0 nitrogen and oxygen atoms in total. The number of hydrogen-bond donors (Lipinski definition) is 0. The van der Waals surface area contributed by atoms with Crippen LogP contribution in [0.5, 0.6) is 0 Å². The van der Waals surface area contributed by atoms with Crippen molar-refractivity contribution in [3.8, 4) is 0 Å². The van der Waals surface area contributed by atoms with E-state index < -0.39 is 6.00 Å². The topological polar surface area (TPSA) is 0 Å². The van der Waals surface area contributed by atoms with Crippen molar-refractivity contribution in [3.63, 3.8) is 0 Å². The van der Waals surface area contributed by atoms with Gasteiger partial charge < -0.3 is 0 Å². The number of hydrogen-bond acceptors (Lipinski definition) is 0. The summed E-state index contributed by atoms with van der Waals surface area (Å²) in [5.41, 5.74) is 0.462. The van der Waals surface area contributed by atoms with E-state index in [0.29, 0.717) is 5.54 Å². The van der Waals surface area contributed by atoms with Gasteiger partial charge in [-0.3, -0.25) is 0 Å². The highest BCUT2D eigenvalue weighted by Crippen LogP contribution is 2.60. The molecule has 70 valence electrons. The maximum absolute atomic E-state index is 6.05. The third kappa shape index (κ3) is 1.54. The summed E-state index contributed by atoms with van der Waals surface area (Å²) in [7, 11) is 0.